The van der Waals surface area contributed by atoms with Crippen LogP contribution in [0, 0.1) is 5.92 Å². The Kier molecular flexibility index (Phi) is 6.56. The third-order valence-electron chi connectivity index (χ3n) is 3.42. The van der Waals surface area contributed by atoms with Gasteiger partial charge in [0.05, 0.1) is 18.6 Å². The molecule has 1 aliphatic rings. The smallest absolute Gasteiger partial charge is 0.310 e. The molecule has 108 valence electrons. The fourth-order valence-electron chi connectivity index (χ4n) is 2.30. The van der Waals surface area contributed by atoms with Crippen LogP contribution in [0.3, 0.4) is 0 Å². The average molecular weight is 268 g/mol. The number of hydrogen-bond donors (Lipinski definition) is 1. The Hall–Kier alpha value is -1.36. The van der Waals surface area contributed by atoms with Crippen LogP contribution in [-0.4, -0.2) is 49.1 Å². The van der Waals surface area contributed by atoms with Gasteiger partial charge in [-0.05, 0) is 33.2 Å². The summed E-state index contributed by atoms with van der Waals surface area (Å²) in [5, 5.41) is 2.78. The van der Waals surface area contributed by atoms with Gasteiger partial charge in [0.1, 0.15) is 0 Å². The van der Waals surface area contributed by atoms with Crippen molar-refractivity contribution in [2.45, 2.75) is 32.7 Å². The minimum atomic E-state index is -0.225. The van der Waals surface area contributed by atoms with E-state index in [0.29, 0.717) is 19.7 Å². The topological polar surface area (TPSA) is 58.6 Å². The molecule has 0 radical (unpaired) electrons. The van der Waals surface area contributed by atoms with E-state index in [2.05, 4.69) is 11.9 Å². The second-order valence-electron chi connectivity index (χ2n) is 4.80. The Morgan fingerprint density at radius 3 is 2.95 bits per heavy atom. The maximum atomic E-state index is 11.9. The van der Waals surface area contributed by atoms with Crippen LogP contribution in [0.4, 0.5) is 0 Å². The van der Waals surface area contributed by atoms with E-state index in [1.54, 1.807) is 6.08 Å². The Labute approximate surface area is 115 Å². The lowest BCUT2D eigenvalue weighted by molar-refractivity contribution is -0.151. The lowest BCUT2D eigenvalue weighted by Crippen LogP contribution is -2.50. The van der Waals surface area contributed by atoms with Crippen LogP contribution in [0.1, 0.15) is 26.7 Å². The molecule has 1 fully saturated rings. The first-order chi connectivity index (χ1) is 9.10. The van der Waals surface area contributed by atoms with Gasteiger partial charge in [-0.2, -0.15) is 0 Å². The molecule has 1 rings (SSSR count). The second kappa shape index (κ2) is 7.94. The molecule has 1 N–H and O–H groups in total. The van der Waals surface area contributed by atoms with Crippen molar-refractivity contribution >= 4 is 11.9 Å². The van der Waals surface area contributed by atoms with E-state index in [1.165, 1.54) is 0 Å². The number of carbonyl (C=O) groups is 2. The van der Waals surface area contributed by atoms with E-state index in [0.717, 1.165) is 19.4 Å². The summed E-state index contributed by atoms with van der Waals surface area (Å²) in [6.07, 6.45) is 3.42. The van der Waals surface area contributed by atoms with E-state index >= 15 is 0 Å². The molecule has 0 aromatic carbocycles. The van der Waals surface area contributed by atoms with Crippen LogP contribution in [0.5, 0.6) is 0 Å². The Bertz CT molecular complexity index is 331. The highest BCUT2D eigenvalue weighted by atomic mass is 16.5. The molecule has 0 aromatic heterocycles. The number of amides is 1. The molecule has 5 nitrogen and oxygen atoms in total. The number of esters is 1. The molecular formula is C14H24N2O3. The highest BCUT2D eigenvalue weighted by molar-refractivity contribution is 5.81. The number of carbonyl (C=O) groups excluding carboxylic acids is 2. The van der Waals surface area contributed by atoms with Crippen LogP contribution >= 0.6 is 0 Å². The third-order valence-corrected chi connectivity index (χ3v) is 3.42. The molecule has 0 saturated carbocycles. The second-order valence-corrected chi connectivity index (χ2v) is 4.80. The van der Waals surface area contributed by atoms with Crippen molar-refractivity contribution in [3.8, 4) is 0 Å². The van der Waals surface area contributed by atoms with E-state index < -0.39 is 0 Å². The Morgan fingerprint density at radius 2 is 2.32 bits per heavy atom. The predicted molar refractivity (Wildman–Crippen MR) is 73.6 cm³/mol. The minimum Gasteiger partial charge on any atom is -0.466 e. The van der Waals surface area contributed by atoms with E-state index in [4.69, 9.17) is 4.74 Å². The fourth-order valence-corrected chi connectivity index (χ4v) is 2.30. The zero-order valence-electron chi connectivity index (χ0n) is 11.9. The lowest BCUT2D eigenvalue weighted by atomic mass is 9.97. The molecular weight excluding hydrogens is 244 g/mol. The summed E-state index contributed by atoms with van der Waals surface area (Å²) in [7, 11) is 0. The van der Waals surface area contributed by atoms with Gasteiger partial charge in [0.2, 0.25) is 5.91 Å². The average Bonchev–Trinajstić information content (AvgIpc) is 2.44. The number of piperidine rings is 1. The number of nitrogens with one attached hydrogen (secondary N) is 1. The molecule has 0 bridgehead atoms. The van der Waals surface area contributed by atoms with Crippen LogP contribution in [0.25, 0.3) is 0 Å². The predicted octanol–water partition coefficient (Wildman–Crippen LogP) is 0.952. The number of nitrogens with zero attached hydrogens (tertiary/aromatic N) is 1. The molecule has 5 heteroatoms. The highest BCUT2D eigenvalue weighted by Gasteiger charge is 2.31. The molecule has 0 spiro atoms. The molecule has 1 saturated heterocycles. The number of rotatable bonds is 6. The third kappa shape index (κ3) is 4.67. The molecule has 0 aliphatic carbocycles. The SMILES string of the molecule is C=CCNC(=O)C(C)N1CCC[C@@H](C(=O)OCC)C1. The number of likely N-dealkylation sites (tertiary alicyclic amines) is 1. The van der Waals surface area contributed by atoms with Gasteiger partial charge in [-0.25, -0.2) is 0 Å². The monoisotopic (exact) mass is 268 g/mol. The van der Waals surface area contributed by atoms with Gasteiger partial charge >= 0.3 is 5.97 Å². The standard InChI is InChI=1S/C14H24N2O3/c1-4-8-15-13(17)11(3)16-9-6-7-12(10-16)14(18)19-5-2/h4,11-12H,1,5-10H2,2-3H3,(H,15,17)/t11?,12-/m1/s1. The number of hydrogen-bond acceptors (Lipinski definition) is 4. The largest absolute Gasteiger partial charge is 0.466 e. The first-order valence-electron chi connectivity index (χ1n) is 6.89. The summed E-state index contributed by atoms with van der Waals surface area (Å²) in [6, 6.07) is -0.225. The molecule has 1 heterocycles. The van der Waals surface area contributed by atoms with Crippen molar-refractivity contribution in [1.82, 2.24) is 10.2 Å². The van der Waals surface area contributed by atoms with Crippen LogP contribution in [0.15, 0.2) is 12.7 Å². The quantitative estimate of drug-likeness (QED) is 0.575. The summed E-state index contributed by atoms with van der Waals surface area (Å²) in [5.41, 5.74) is 0. The van der Waals surface area contributed by atoms with Crippen molar-refractivity contribution in [2.75, 3.05) is 26.2 Å². The molecule has 1 unspecified atom stereocenters. The summed E-state index contributed by atoms with van der Waals surface area (Å²) in [5.74, 6) is -0.279. The Balaban J connectivity index is 2.51. The number of ether oxygens (including phenoxy) is 1. The molecule has 2 atom stereocenters. The minimum absolute atomic E-state index is 0.0237. The van der Waals surface area contributed by atoms with Gasteiger partial charge in [-0.3, -0.25) is 14.5 Å². The first kappa shape index (κ1) is 15.7. The van der Waals surface area contributed by atoms with Crippen LogP contribution in [-0.2, 0) is 14.3 Å². The highest BCUT2D eigenvalue weighted by Crippen LogP contribution is 2.19. The van der Waals surface area contributed by atoms with Crippen LogP contribution in [0.2, 0.25) is 0 Å². The van der Waals surface area contributed by atoms with E-state index in [9.17, 15) is 9.59 Å². The Morgan fingerprint density at radius 1 is 1.58 bits per heavy atom. The van der Waals surface area contributed by atoms with Gasteiger partial charge in [-0.1, -0.05) is 6.08 Å². The first-order valence-corrected chi connectivity index (χ1v) is 6.89. The fraction of sp³-hybridized carbons (Fsp3) is 0.714. The maximum absolute atomic E-state index is 11.9. The van der Waals surface area contributed by atoms with Gasteiger partial charge in [0.25, 0.3) is 0 Å². The van der Waals surface area contributed by atoms with Gasteiger partial charge in [0, 0.05) is 13.1 Å². The van der Waals surface area contributed by atoms with Gasteiger partial charge < -0.3 is 10.1 Å². The van der Waals surface area contributed by atoms with Crippen molar-refractivity contribution in [1.29, 1.82) is 0 Å². The lowest BCUT2D eigenvalue weighted by Gasteiger charge is -2.34. The van der Waals surface area contributed by atoms with Crippen molar-refractivity contribution in [3.05, 3.63) is 12.7 Å². The van der Waals surface area contributed by atoms with E-state index in [1.807, 2.05) is 18.7 Å². The summed E-state index contributed by atoms with van der Waals surface area (Å²) in [6.45, 7) is 9.57. The molecule has 1 aliphatic heterocycles. The molecule has 0 aromatic rings. The maximum Gasteiger partial charge on any atom is 0.310 e. The van der Waals surface area contributed by atoms with E-state index in [-0.39, 0.29) is 23.8 Å². The van der Waals surface area contributed by atoms with Gasteiger partial charge in [-0.15, -0.1) is 6.58 Å². The zero-order valence-corrected chi connectivity index (χ0v) is 11.9. The molecule has 1 amide bonds. The summed E-state index contributed by atoms with van der Waals surface area (Å²) < 4.78 is 5.06. The van der Waals surface area contributed by atoms with Crippen molar-refractivity contribution in [3.63, 3.8) is 0 Å². The normalized spacial score (nSPS) is 21.5. The van der Waals surface area contributed by atoms with Crippen molar-refractivity contribution in [2.24, 2.45) is 5.92 Å². The van der Waals surface area contributed by atoms with Gasteiger partial charge in [0.15, 0.2) is 0 Å². The summed E-state index contributed by atoms with van der Waals surface area (Å²) >= 11 is 0. The zero-order chi connectivity index (χ0) is 14.3. The van der Waals surface area contributed by atoms with Crippen LogP contribution < -0.4 is 5.32 Å². The summed E-state index contributed by atoms with van der Waals surface area (Å²) in [4.78, 5) is 25.7. The molecule has 19 heavy (non-hydrogen) atoms. The van der Waals surface area contributed by atoms with Crippen molar-refractivity contribution < 1.29 is 14.3 Å².